The number of aliphatic hydroxyl groups is 2. The molecular weight excluding hydrogens is 250 g/mol. The first-order valence-electron chi connectivity index (χ1n) is 5.73. The van der Waals surface area contributed by atoms with Crippen LogP contribution in [-0.4, -0.2) is 42.2 Å². The van der Waals surface area contributed by atoms with Gasteiger partial charge in [0.2, 0.25) is 5.91 Å². The van der Waals surface area contributed by atoms with E-state index < -0.39 is 12.2 Å². The lowest BCUT2D eigenvalue weighted by Crippen LogP contribution is -2.34. The zero-order valence-electron chi connectivity index (χ0n) is 10.8. The number of aldehydes is 1. The van der Waals surface area contributed by atoms with Gasteiger partial charge in [-0.3, -0.25) is 9.59 Å². The summed E-state index contributed by atoms with van der Waals surface area (Å²) >= 11 is 0. The fourth-order valence-electron chi connectivity index (χ4n) is 1.59. The molecule has 0 radical (unpaired) electrons. The van der Waals surface area contributed by atoms with E-state index in [1.54, 1.807) is 0 Å². The van der Waals surface area contributed by atoms with Gasteiger partial charge in [-0.05, 0) is 17.7 Å². The molecule has 2 atom stereocenters. The quantitative estimate of drug-likeness (QED) is 0.632. The highest BCUT2D eigenvalue weighted by atomic mass is 16.5. The minimum atomic E-state index is -1.18. The van der Waals surface area contributed by atoms with Crippen LogP contribution < -0.4 is 10.1 Å². The van der Waals surface area contributed by atoms with E-state index in [9.17, 15) is 19.8 Å². The lowest BCUT2D eigenvalue weighted by Gasteiger charge is -2.19. The fourth-order valence-corrected chi connectivity index (χ4v) is 1.59. The van der Waals surface area contributed by atoms with Gasteiger partial charge < -0.3 is 20.3 Å². The summed E-state index contributed by atoms with van der Waals surface area (Å²) in [7, 11) is 1.41. The number of rotatable bonds is 6. The normalized spacial score (nSPS) is 13.5. The van der Waals surface area contributed by atoms with Gasteiger partial charge in [0.1, 0.15) is 18.0 Å². The zero-order chi connectivity index (χ0) is 14.4. The van der Waals surface area contributed by atoms with E-state index in [0.29, 0.717) is 23.2 Å². The first kappa shape index (κ1) is 15.1. The van der Waals surface area contributed by atoms with E-state index in [-0.39, 0.29) is 12.5 Å². The Bertz CT molecular complexity index is 460. The Morgan fingerprint density at radius 3 is 2.68 bits per heavy atom. The van der Waals surface area contributed by atoms with Crippen LogP contribution in [0.25, 0.3) is 0 Å². The maximum absolute atomic E-state index is 10.7. The lowest BCUT2D eigenvalue weighted by molar-refractivity contribution is -0.119. The minimum Gasteiger partial charge on any atom is -0.496 e. The Balaban J connectivity index is 2.84. The van der Waals surface area contributed by atoms with Gasteiger partial charge >= 0.3 is 0 Å². The summed E-state index contributed by atoms with van der Waals surface area (Å²) in [6.45, 7) is 1.26. The molecule has 0 aliphatic carbocycles. The number of carbonyl (C=O) groups excluding carboxylic acids is 2. The molecule has 6 nitrogen and oxygen atoms in total. The van der Waals surface area contributed by atoms with E-state index >= 15 is 0 Å². The molecule has 0 aliphatic rings. The van der Waals surface area contributed by atoms with Crippen LogP contribution in [0.4, 0.5) is 0 Å². The maximum Gasteiger partial charge on any atom is 0.216 e. The number of aliphatic hydroxyl groups excluding tert-OH is 2. The highest BCUT2D eigenvalue weighted by Gasteiger charge is 2.19. The largest absolute Gasteiger partial charge is 0.496 e. The molecule has 1 aromatic carbocycles. The smallest absolute Gasteiger partial charge is 0.216 e. The average Bonchev–Trinajstić information content (AvgIpc) is 2.42. The van der Waals surface area contributed by atoms with Crippen LogP contribution in [0.1, 0.15) is 28.9 Å². The standard InChI is InChI=1S/C13H17NO5/c1-8(16)14-6-11(17)13(18)9-3-4-10(7-15)12(5-9)19-2/h3-5,7,11,13,17-18H,6H2,1-2H3,(H,14,16). The third-order valence-corrected chi connectivity index (χ3v) is 2.65. The van der Waals surface area contributed by atoms with Gasteiger partial charge in [-0.25, -0.2) is 0 Å². The number of benzene rings is 1. The Morgan fingerprint density at radius 2 is 2.16 bits per heavy atom. The van der Waals surface area contributed by atoms with E-state index in [1.165, 1.54) is 32.2 Å². The van der Waals surface area contributed by atoms with Crippen molar-refractivity contribution in [2.75, 3.05) is 13.7 Å². The van der Waals surface area contributed by atoms with Crippen LogP contribution >= 0.6 is 0 Å². The Labute approximate surface area is 111 Å². The van der Waals surface area contributed by atoms with Gasteiger partial charge in [-0.15, -0.1) is 0 Å². The third kappa shape index (κ3) is 4.04. The molecule has 0 aromatic heterocycles. The van der Waals surface area contributed by atoms with Crippen LogP contribution in [0, 0.1) is 0 Å². The molecule has 0 fully saturated rings. The Morgan fingerprint density at radius 1 is 1.47 bits per heavy atom. The first-order valence-corrected chi connectivity index (χ1v) is 5.73. The van der Waals surface area contributed by atoms with E-state index in [4.69, 9.17) is 4.74 Å². The zero-order valence-corrected chi connectivity index (χ0v) is 10.8. The molecule has 1 amide bonds. The van der Waals surface area contributed by atoms with E-state index in [2.05, 4.69) is 5.32 Å². The van der Waals surface area contributed by atoms with Crippen molar-refractivity contribution in [3.8, 4) is 5.75 Å². The Kier molecular flexibility index (Phi) is 5.47. The van der Waals surface area contributed by atoms with Crippen molar-refractivity contribution >= 4 is 12.2 Å². The average molecular weight is 267 g/mol. The minimum absolute atomic E-state index is 0.0613. The molecule has 0 saturated carbocycles. The molecule has 0 bridgehead atoms. The summed E-state index contributed by atoms with van der Waals surface area (Å²) in [5.41, 5.74) is 0.759. The molecule has 2 unspecified atom stereocenters. The molecule has 0 saturated heterocycles. The molecule has 6 heteroatoms. The molecule has 3 N–H and O–H groups in total. The number of nitrogens with one attached hydrogen (secondary N) is 1. The van der Waals surface area contributed by atoms with Gasteiger partial charge in [-0.1, -0.05) is 6.07 Å². The van der Waals surface area contributed by atoms with Gasteiger partial charge in [-0.2, -0.15) is 0 Å². The van der Waals surface area contributed by atoms with Crippen LogP contribution in [0.5, 0.6) is 5.75 Å². The summed E-state index contributed by atoms with van der Waals surface area (Å²) in [5.74, 6) is 0.0263. The second kappa shape index (κ2) is 6.86. The highest BCUT2D eigenvalue weighted by molar-refractivity contribution is 5.79. The number of hydrogen-bond acceptors (Lipinski definition) is 5. The predicted molar refractivity (Wildman–Crippen MR) is 68.0 cm³/mol. The van der Waals surface area contributed by atoms with Crippen molar-refractivity contribution < 1.29 is 24.5 Å². The number of amides is 1. The topological polar surface area (TPSA) is 95.9 Å². The summed E-state index contributed by atoms with van der Waals surface area (Å²) in [6.07, 6.45) is -1.68. The molecule has 19 heavy (non-hydrogen) atoms. The second-order valence-electron chi connectivity index (χ2n) is 4.07. The lowest BCUT2D eigenvalue weighted by atomic mass is 10.0. The second-order valence-corrected chi connectivity index (χ2v) is 4.07. The van der Waals surface area contributed by atoms with E-state index in [0.717, 1.165) is 0 Å². The van der Waals surface area contributed by atoms with Crippen LogP contribution in [0.15, 0.2) is 18.2 Å². The summed E-state index contributed by atoms with van der Waals surface area (Å²) in [5, 5.41) is 22.1. The fraction of sp³-hybridized carbons (Fsp3) is 0.385. The number of ether oxygens (including phenoxy) is 1. The molecule has 0 aliphatic heterocycles. The SMILES string of the molecule is COc1cc(C(O)C(O)CNC(C)=O)ccc1C=O. The van der Waals surface area contributed by atoms with Crippen molar-refractivity contribution in [2.45, 2.75) is 19.1 Å². The van der Waals surface area contributed by atoms with Gasteiger partial charge in [0.25, 0.3) is 0 Å². The van der Waals surface area contributed by atoms with E-state index in [1.807, 2.05) is 0 Å². The summed E-state index contributed by atoms with van der Waals surface area (Å²) in [4.78, 5) is 21.5. The number of methoxy groups -OCH3 is 1. The molecule has 0 heterocycles. The van der Waals surface area contributed by atoms with Crippen LogP contribution in [-0.2, 0) is 4.79 Å². The van der Waals surface area contributed by atoms with Crippen LogP contribution in [0.2, 0.25) is 0 Å². The van der Waals surface area contributed by atoms with Gasteiger partial charge in [0, 0.05) is 13.5 Å². The van der Waals surface area contributed by atoms with Gasteiger partial charge in [0.05, 0.1) is 12.7 Å². The molecule has 0 spiro atoms. The highest BCUT2D eigenvalue weighted by Crippen LogP contribution is 2.24. The molecule has 104 valence electrons. The Hall–Kier alpha value is -1.92. The van der Waals surface area contributed by atoms with Crippen molar-refractivity contribution in [3.63, 3.8) is 0 Å². The molecule has 1 aromatic rings. The van der Waals surface area contributed by atoms with Crippen molar-refractivity contribution in [1.29, 1.82) is 0 Å². The number of carbonyl (C=O) groups is 2. The summed E-state index contributed by atoms with van der Waals surface area (Å²) < 4.78 is 5.01. The third-order valence-electron chi connectivity index (χ3n) is 2.65. The molecular formula is C13H17NO5. The van der Waals surface area contributed by atoms with Crippen molar-refractivity contribution in [2.24, 2.45) is 0 Å². The maximum atomic E-state index is 10.7. The van der Waals surface area contributed by atoms with Crippen LogP contribution in [0.3, 0.4) is 0 Å². The monoisotopic (exact) mass is 267 g/mol. The predicted octanol–water partition coefficient (Wildman–Crippen LogP) is 0.0381. The molecule has 1 rings (SSSR count). The van der Waals surface area contributed by atoms with Crippen molar-refractivity contribution in [1.82, 2.24) is 5.32 Å². The first-order chi connectivity index (χ1) is 8.99. The number of hydrogen-bond donors (Lipinski definition) is 3. The van der Waals surface area contributed by atoms with Crippen molar-refractivity contribution in [3.05, 3.63) is 29.3 Å². The summed E-state index contributed by atoms with van der Waals surface area (Å²) in [6, 6.07) is 4.49. The van der Waals surface area contributed by atoms with Gasteiger partial charge in [0.15, 0.2) is 6.29 Å².